The molecule has 0 aliphatic rings. The van der Waals surface area contributed by atoms with E-state index in [1.54, 1.807) is 18.2 Å². The number of halogens is 3. The highest BCUT2D eigenvalue weighted by molar-refractivity contribution is 7.16. The van der Waals surface area contributed by atoms with Crippen LogP contribution in [0.1, 0.15) is 23.6 Å². The van der Waals surface area contributed by atoms with Crippen molar-refractivity contribution in [3.8, 4) is 0 Å². The van der Waals surface area contributed by atoms with E-state index >= 15 is 0 Å². The molecule has 0 bridgehead atoms. The molecule has 0 fully saturated rings. The Labute approximate surface area is 227 Å². The van der Waals surface area contributed by atoms with Crippen LogP contribution in [0, 0.1) is 11.6 Å². The Kier molecular flexibility index (Phi) is 9.27. The van der Waals surface area contributed by atoms with Crippen LogP contribution in [0.15, 0.2) is 65.5 Å². The van der Waals surface area contributed by atoms with Gasteiger partial charge >= 0.3 is 4.87 Å². The molecule has 38 heavy (non-hydrogen) atoms. The minimum absolute atomic E-state index is 0.0192. The lowest BCUT2D eigenvalue weighted by atomic mass is 10.0. The summed E-state index contributed by atoms with van der Waals surface area (Å²) in [5.74, 6) is -2.04. The van der Waals surface area contributed by atoms with Crippen LogP contribution >= 0.6 is 22.9 Å². The van der Waals surface area contributed by atoms with Crippen LogP contribution in [0.3, 0.4) is 0 Å². The van der Waals surface area contributed by atoms with E-state index in [0.717, 1.165) is 41.5 Å². The monoisotopic (exact) mass is 559 g/mol. The summed E-state index contributed by atoms with van der Waals surface area (Å²) < 4.78 is 29.6. The number of amides is 1. The van der Waals surface area contributed by atoms with E-state index in [1.165, 1.54) is 10.1 Å². The third kappa shape index (κ3) is 7.05. The van der Waals surface area contributed by atoms with Crippen LogP contribution in [0.4, 0.5) is 8.78 Å². The first kappa shape index (κ1) is 27.9. The predicted octanol–water partition coefficient (Wildman–Crippen LogP) is 4.44. The lowest BCUT2D eigenvalue weighted by Gasteiger charge is -2.25. The third-order valence-corrected chi connectivity index (χ3v) is 7.46. The minimum atomic E-state index is -1.08. The van der Waals surface area contributed by atoms with Crippen LogP contribution in [0.25, 0.3) is 10.2 Å². The van der Waals surface area contributed by atoms with Gasteiger partial charge in [0.2, 0.25) is 5.91 Å². The quantitative estimate of drug-likeness (QED) is 0.254. The molecule has 4 rings (SSSR count). The highest BCUT2D eigenvalue weighted by Crippen LogP contribution is 2.25. The summed E-state index contributed by atoms with van der Waals surface area (Å²) in [5.41, 5.74) is 2.98. The molecule has 3 aromatic carbocycles. The first-order valence-electron chi connectivity index (χ1n) is 12.2. The van der Waals surface area contributed by atoms with Gasteiger partial charge in [-0.15, -0.1) is 0 Å². The predicted molar refractivity (Wildman–Crippen MR) is 147 cm³/mol. The van der Waals surface area contributed by atoms with Gasteiger partial charge in [-0.1, -0.05) is 60.2 Å². The van der Waals surface area contributed by atoms with Gasteiger partial charge in [0.25, 0.3) is 0 Å². The van der Waals surface area contributed by atoms with Crippen molar-refractivity contribution in [3.63, 3.8) is 0 Å². The number of para-hydroxylation sites is 1. The molecular formula is C28H28ClF2N3O3S. The molecule has 1 amide bonds. The van der Waals surface area contributed by atoms with Crippen molar-refractivity contribution in [1.82, 2.24) is 15.2 Å². The summed E-state index contributed by atoms with van der Waals surface area (Å²) in [6.45, 7) is 2.36. The molecule has 0 radical (unpaired) electrons. The number of carbonyl (C=O) groups excluding carboxylic acids is 1. The van der Waals surface area contributed by atoms with Crippen molar-refractivity contribution in [1.29, 1.82) is 0 Å². The molecule has 200 valence electrons. The maximum Gasteiger partial charge on any atom is 0.308 e. The summed E-state index contributed by atoms with van der Waals surface area (Å²) in [7, 11) is 0. The van der Waals surface area contributed by atoms with Crippen molar-refractivity contribution in [2.24, 2.45) is 0 Å². The zero-order valence-corrected chi connectivity index (χ0v) is 22.3. The number of hydrogen-bond acceptors (Lipinski definition) is 5. The number of carbonyl (C=O) groups is 1. The molecule has 0 saturated carbocycles. The zero-order chi connectivity index (χ0) is 27.2. The number of thiazole rings is 1. The van der Waals surface area contributed by atoms with Crippen LogP contribution in [-0.2, 0) is 30.7 Å². The third-order valence-electron chi connectivity index (χ3n) is 6.21. The summed E-state index contributed by atoms with van der Waals surface area (Å²) in [4.78, 5) is 25.2. The molecule has 6 nitrogen and oxygen atoms in total. The van der Waals surface area contributed by atoms with Crippen LogP contribution in [-0.4, -0.2) is 34.3 Å². The molecule has 2 unspecified atom stereocenters. The number of benzene rings is 3. The molecule has 0 aliphatic carbocycles. The van der Waals surface area contributed by atoms with Gasteiger partial charge in [-0.05, 0) is 53.8 Å². The number of aliphatic hydroxyl groups excluding tert-OH is 1. The first-order valence-corrected chi connectivity index (χ1v) is 13.4. The number of aliphatic hydroxyl groups is 1. The van der Waals surface area contributed by atoms with E-state index in [4.69, 9.17) is 11.6 Å². The smallest absolute Gasteiger partial charge is 0.308 e. The second kappa shape index (κ2) is 12.6. The molecule has 1 aromatic heterocycles. The summed E-state index contributed by atoms with van der Waals surface area (Å²) in [6, 6.07) is 15.4. The van der Waals surface area contributed by atoms with E-state index in [-0.39, 0.29) is 29.9 Å². The number of aryl methyl sites for hydroxylation is 1. The number of nitrogens with one attached hydrogen (secondary N) is 2. The lowest BCUT2D eigenvalue weighted by molar-refractivity contribution is -0.123. The van der Waals surface area contributed by atoms with E-state index in [9.17, 15) is 23.5 Å². The van der Waals surface area contributed by atoms with Gasteiger partial charge in [-0.25, -0.2) is 8.78 Å². The Morgan fingerprint density at radius 3 is 2.50 bits per heavy atom. The normalized spacial score (nSPS) is 13.0. The molecule has 0 saturated heterocycles. The summed E-state index contributed by atoms with van der Waals surface area (Å²) in [6.07, 6.45) is -0.198. The van der Waals surface area contributed by atoms with E-state index < -0.39 is 29.7 Å². The number of nitrogens with zero attached hydrogens (tertiary/aromatic N) is 1. The van der Waals surface area contributed by atoms with Crippen LogP contribution < -0.4 is 15.5 Å². The van der Waals surface area contributed by atoms with E-state index in [2.05, 4.69) is 23.6 Å². The SMILES string of the molecule is CCc1cccc(CNCC(O)C(Cc2cc(F)cc(F)c2)NC(=O)Cn2c(=O)sc3cccc(Cl)c32)c1. The Balaban J connectivity index is 1.49. The molecule has 1 heterocycles. The minimum Gasteiger partial charge on any atom is -0.390 e. The number of aromatic nitrogens is 1. The Bertz CT molecular complexity index is 1470. The van der Waals surface area contributed by atoms with Gasteiger partial charge in [0, 0.05) is 19.2 Å². The van der Waals surface area contributed by atoms with E-state index in [0.29, 0.717) is 21.8 Å². The Hall–Kier alpha value is -3.11. The fourth-order valence-corrected chi connectivity index (χ4v) is 5.60. The highest BCUT2D eigenvalue weighted by Gasteiger charge is 2.23. The molecule has 2 atom stereocenters. The maximum absolute atomic E-state index is 13.8. The van der Waals surface area contributed by atoms with Crippen molar-refractivity contribution in [2.75, 3.05) is 6.54 Å². The van der Waals surface area contributed by atoms with Crippen molar-refractivity contribution in [3.05, 3.63) is 104 Å². The second-order valence-electron chi connectivity index (χ2n) is 9.07. The number of hydrogen-bond donors (Lipinski definition) is 3. The average molecular weight is 560 g/mol. The Morgan fingerprint density at radius 2 is 1.76 bits per heavy atom. The first-order chi connectivity index (χ1) is 18.2. The van der Waals surface area contributed by atoms with Gasteiger partial charge in [0.05, 0.1) is 27.4 Å². The zero-order valence-electron chi connectivity index (χ0n) is 20.7. The molecule has 4 aromatic rings. The fraction of sp³-hybridized carbons (Fsp3) is 0.286. The maximum atomic E-state index is 13.8. The Morgan fingerprint density at radius 1 is 1.05 bits per heavy atom. The van der Waals surface area contributed by atoms with Gasteiger partial charge in [0.1, 0.15) is 18.2 Å². The van der Waals surface area contributed by atoms with E-state index in [1.807, 2.05) is 18.2 Å². The van der Waals surface area contributed by atoms with Crippen LogP contribution in [0.5, 0.6) is 0 Å². The summed E-state index contributed by atoms with van der Waals surface area (Å²) >= 11 is 7.25. The molecule has 0 aliphatic heterocycles. The van der Waals surface area contributed by atoms with Crippen molar-refractivity contribution < 1.29 is 18.7 Å². The molecular weight excluding hydrogens is 532 g/mol. The van der Waals surface area contributed by atoms with Gasteiger partial charge in [0.15, 0.2) is 0 Å². The number of fused-ring (bicyclic) bond motifs is 1. The standard InChI is InChI=1S/C28H28ClF2N3O3S/c1-2-17-5-3-6-18(9-17)14-32-15-24(35)23(12-19-10-20(30)13-21(31)11-19)33-26(36)16-34-27-22(29)7-4-8-25(27)38-28(34)37/h3-11,13,23-24,32,35H,2,12,14-16H2,1H3,(H,33,36). The molecule has 0 spiro atoms. The van der Waals surface area contributed by atoms with Crippen LogP contribution in [0.2, 0.25) is 5.02 Å². The van der Waals surface area contributed by atoms with Gasteiger partial charge in [-0.3, -0.25) is 14.2 Å². The second-order valence-corrected chi connectivity index (χ2v) is 10.5. The lowest BCUT2D eigenvalue weighted by Crippen LogP contribution is -2.49. The highest BCUT2D eigenvalue weighted by atomic mass is 35.5. The largest absolute Gasteiger partial charge is 0.390 e. The van der Waals surface area contributed by atoms with Crippen molar-refractivity contribution in [2.45, 2.75) is 45.0 Å². The number of rotatable bonds is 11. The topological polar surface area (TPSA) is 83.4 Å². The van der Waals surface area contributed by atoms with Gasteiger partial charge in [-0.2, -0.15) is 0 Å². The van der Waals surface area contributed by atoms with Gasteiger partial charge < -0.3 is 15.7 Å². The summed E-state index contributed by atoms with van der Waals surface area (Å²) in [5, 5.41) is 17.3. The molecule has 3 N–H and O–H groups in total. The van der Waals surface area contributed by atoms with Crippen molar-refractivity contribution >= 4 is 39.1 Å². The molecule has 10 heteroatoms. The average Bonchev–Trinajstić information content (AvgIpc) is 3.18. The fourth-order valence-electron chi connectivity index (χ4n) is 4.35.